The van der Waals surface area contributed by atoms with Crippen LogP contribution in [-0.4, -0.2) is 15.7 Å². The van der Waals surface area contributed by atoms with Gasteiger partial charge in [-0.3, -0.25) is 14.8 Å². The van der Waals surface area contributed by atoms with Crippen LogP contribution in [0.25, 0.3) is 0 Å². The van der Waals surface area contributed by atoms with Gasteiger partial charge in [-0.25, -0.2) is 0 Å². The van der Waals surface area contributed by atoms with Crippen LogP contribution >= 0.6 is 0 Å². The molecular formula is C15H18N4O. The maximum Gasteiger partial charge on any atom is 0.246 e. The van der Waals surface area contributed by atoms with Gasteiger partial charge in [0.2, 0.25) is 5.91 Å². The Kier molecular flexibility index (Phi) is 3.06. The van der Waals surface area contributed by atoms with Crippen molar-refractivity contribution in [2.24, 2.45) is 7.05 Å². The van der Waals surface area contributed by atoms with Gasteiger partial charge in [0.05, 0.1) is 6.20 Å². The number of amides is 1. The van der Waals surface area contributed by atoms with Crippen molar-refractivity contribution in [1.82, 2.24) is 15.1 Å². The van der Waals surface area contributed by atoms with Gasteiger partial charge in [-0.15, -0.1) is 0 Å². The molecular weight excluding hydrogens is 252 g/mol. The lowest BCUT2D eigenvalue weighted by molar-refractivity contribution is -0.117. The Morgan fingerprint density at radius 1 is 1.40 bits per heavy atom. The zero-order chi connectivity index (χ0) is 14.3. The molecule has 0 radical (unpaired) electrons. The van der Waals surface area contributed by atoms with Crippen molar-refractivity contribution in [3.8, 4) is 0 Å². The van der Waals surface area contributed by atoms with E-state index in [0.717, 1.165) is 22.5 Å². The van der Waals surface area contributed by atoms with E-state index in [-0.39, 0.29) is 18.0 Å². The molecule has 2 atom stereocenters. The molecule has 0 saturated carbocycles. The summed E-state index contributed by atoms with van der Waals surface area (Å²) in [5.74, 6) is -0.000377. The van der Waals surface area contributed by atoms with Crippen LogP contribution in [0.4, 0.5) is 5.69 Å². The first kappa shape index (κ1) is 12.9. The van der Waals surface area contributed by atoms with Gasteiger partial charge in [0.25, 0.3) is 0 Å². The number of para-hydroxylation sites is 1. The first-order valence-electron chi connectivity index (χ1n) is 6.72. The summed E-state index contributed by atoms with van der Waals surface area (Å²) in [6.07, 6.45) is 1.85. The highest BCUT2D eigenvalue weighted by atomic mass is 16.2. The first-order chi connectivity index (χ1) is 9.58. The van der Waals surface area contributed by atoms with Crippen LogP contribution in [0.15, 0.2) is 30.5 Å². The molecule has 1 aromatic carbocycles. The van der Waals surface area contributed by atoms with Gasteiger partial charge in [0.15, 0.2) is 0 Å². The molecule has 0 aliphatic carbocycles. The van der Waals surface area contributed by atoms with Crippen LogP contribution in [-0.2, 0) is 11.8 Å². The van der Waals surface area contributed by atoms with Gasteiger partial charge in [0, 0.05) is 35.6 Å². The lowest BCUT2D eigenvalue weighted by Gasteiger charge is -2.18. The Labute approximate surface area is 118 Å². The summed E-state index contributed by atoms with van der Waals surface area (Å²) in [6.45, 7) is 4.08. The quantitative estimate of drug-likeness (QED) is 0.897. The first-order valence-corrected chi connectivity index (χ1v) is 6.72. The molecule has 0 saturated heterocycles. The van der Waals surface area contributed by atoms with E-state index in [1.54, 1.807) is 0 Å². The molecule has 0 bridgehead atoms. The van der Waals surface area contributed by atoms with Crippen LogP contribution in [0.2, 0.25) is 0 Å². The fourth-order valence-corrected chi connectivity index (χ4v) is 2.65. The molecule has 5 heteroatoms. The average Bonchev–Trinajstić information content (AvgIpc) is 2.92. The van der Waals surface area contributed by atoms with E-state index >= 15 is 0 Å². The van der Waals surface area contributed by atoms with Crippen molar-refractivity contribution < 1.29 is 4.79 Å². The van der Waals surface area contributed by atoms with Gasteiger partial charge < -0.3 is 5.32 Å². The summed E-state index contributed by atoms with van der Waals surface area (Å²) in [5, 5.41) is 10.5. The maximum absolute atomic E-state index is 12.1. The third-order valence-corrected chi connectivity index (χ3v) is 3.95. The van der Waals surface area contributed by atoms with Gasteiger partial charge >= 0.3 is 0 Å². The predicted molar refractivity (Wildman–Crippen MR) is 77.3 cm³/mol. The number of nitrogens with one attached hydrogen (secondary N) is 2. The summed E-state index contributed by atoms with van der Waals surface area (Å²) in [5.41, 5.74) is 4.12. The highest BCUT2D eigenvalue weighted by Gasteiger charge is 2.31. The number of aryl methyl sites for hydroxylation is 1. The van der Waals surface area contributed by atoms with Gasteiger partial charge in [-0.2, -0.15) is 5.10 Å². The van der Waals surface area contributed by atoms with E-state index in [4.69, 9.17) is 0 Å². The second kappa shape index (κ2) is 4.76. The lowest BCUT2D eigenvalue weighted by atomic mass is 10.0. The SMILES string of the molecule is Cc1c(C(C)NC2C(=O)Nc3ccccc32)cnn1C. The molecule has 2 heterocycles. The molecule has 2 aromatic rings. The van der Waals surface area contributed by atoms with Crippen molar-refractivity contribution in [2.75, 3.05) is 5.32 Å². The van der Waals surface area contributed by atoms with E-state index in [2.05, 4.69) is 22.7 Å². The highest BCUT2D eigenvalue weighted by Crippen LogP contribution is 2.32. The molecule has 3 rings (SSSR count). The van der Waals surface area contributed by atoms with E-state index < -0.39 is 0 Å². The molecule has 1 aromatic heterocycles. The number of hydrogen-bond acceptors (Lipinski definition) is 3. The largest absolute Gasteiger partial charge is 0.324 e. The van der Waals surface area contributed by atoms with E-state index in [0.29, 0.717) is 0 Å². The van der Waals surface area contributed by atoms with Crippen molar-refractivity contribution in [3.05, 3.63) is 47.3 Å². The Bertz CT molecular complexity index is 662. The van der Waals surface area contributed by atoms with E-state index in [1.165, 1.54) is 0 Å². The fourth-order valence-electron chi connectivity index (χ4n) is 2.65. The Balaban J connectivity index is 1.85. The van der Waals surface area contributed by atoms with Crippen LogP contribution in [0.5, 0.6) is 0 Å². The minimum absolute atomic E-state index is 0.000377. The number of fused-ring (bicyclic) bond motifs is 1. The lowest BCUT2D eigenvalue weighted by Crippen LogP contribution is -2.30. The van der Waals surface area contributed by atoms with Crippen LogP contribution < -0.4 is 10.6 Å². The summed E-state index contributed by atoms with van der Waals surface area (Å²) >= 11 is 0. The van der Waals surface area contributed by atoms with Crippen LogP contribution in [0, 0.1) is 6.92 Å². The van der Waals surface area contributed by atoms with E-state index in [1.807, 2.05) is 49.1 Å². The number of nitrogens with zero attached hydrogens (tertiary/aromatic N) is 2. The van der Waals surface area contributed by atoms with Gasteiger partial charge in [-0.05, 0) is 19.9 Å². The number of rotatable bonds is 3. The van der Waals surface area contributed by atoms with Crippen LogP contribution in [0.3, 0.4) is 0 Å². The number of anilines is 1. The zero-order valence-corrected chi connectivity index (χ0v) is 11.8. The minimum Gasteiger partial charge on any atom is -0.324 e. The maximum atomic E-state index is 12.1. The second-order valence-electron chi connectivity index (χ2n) is 5.21. The van der Waals surface area contributed by atoms with Crippen molar-refractivity contribution in [1.29, 1.82) is 0 Å². The molecule has 0 spiro atoms. The third kappa shape index (κ3) is 2.00. The highest BCUT2D eigenvalue weighted by molar-refractivity contribution is 6.02. The van der Waals surface area contributed by atoms with Crippen molar-refractivity contribution >= 4 is 11.6 Å². The minimum atomic E-state index is -0.305. The monoisotopic (exact) mass is 270 g/mol. The van der Waals surface area contributed by atoms with Gasteiger partial charge in [0.1, 0.15) is 6.04 Å². The zero-order valence-electron chi connectivity index (χ0n) is 11.8. The smallest absolute Gasteiger partial charge is 0.246 e. The molecule has 104 valence electrons. The standard InChI is InChI=1S/C15H18N4O/c1-9(12-8-16-19(3)10(12)2)17-14-11-6-4-5-7-13(11)18-15(14)20/h4-9,14,17H,1-3H3,(H,18,20). The fraction of sp³-hybridized carbons (Fsp3) is 0.333. The summed E-state index contributed by atoms with van der Waals surface area (Å²) in [7, 11) is 1.92. The Morgan fingerprint density at radius 2 is 2.15 bits per heavy atom. The Morgan fingerprint density at radius 3 is 2.85 bits per heavy atom. The van der Waals surface area contributed by atoms with Crippen LogP contribution in [0.1, 0.15) is 35.8 Å². The summed E-state index contributed by atoms with van der Waals surface area (Å²) in [6, 6.07) is 7.54. The summed E-state index contributed by atoms with van der Waals surface area (Å²) < 4.78 is 1.84. The third-order valence-electron chi connectivity index (χ3n) is 3.95. The molecule has 5 nitrogen and oxygen atoms in total. The molecule has 1 aliphatic rings. The molecule has 1 amide bonds. The molecule has 2 N–H and O–H groups in total. The van der Waals surface area contributed by atoms with Crippen molar-refractivity contribution in [2.45, 2.75) is 25.9 Å². The normalized spacial score (nSPS) is 18.8. The second-order valence-corrected chi connectivity index (χ2v) is 5.21. The topological polar surface area (TPSA) is 59.0 Å². The number of aromatic nitrogens is 2. The molecule has 2 unspecified atom stereocenters. The number of carbonyl (C=O) groups excluding carboxylic acids is 1. The van der Waals surface area contributed by atoms with Crippen molar-refractivity contribution in [3.63, 3.8) is 0 Å². The number of benzene rings is 1. The van der Waals surface area contributed by atoms with Gasteiger partial charge in [-0.1, -0.05) is 18.2 Å². The number of carbonyl (C=O) groups is 1. The Hall–Kier alpha value is -2.14. The average molecular weight is 270 g/mol. The molecule has 0 fully saturated rings. The van der Waals surface area contributed by atoms with E-state index in [9.17, 15) is 4.79 Å². The summed E-state index contributed by atoms with van der Waals surface area (Å²) in [4.78, 5) is 12.1. The number of hydrogen-bond donors (Lipinski definition) is 2. The molecule has 20 heavy (non-hydrogen) atoms. The predicted octanol–water partition coefficient (Wildman–Crippen LogP) is 2.07. The molecule has 1 aliphatic heterocycles.